The highest BCUT2D eigenvalue weighted by molar-refractivity contribution is 5.78. The lowest BCUT2D eigenvalue weighted by molar-refractivity contribution is -0.144. The molecule has 5 aliphatic rings. The molecule has 8 heteroatoms. The molecule has 31 heavy (non-hydrogen) atoms. The number of piperidine rings is 3. The Morgan fingerprint density at radius 3 is 2.32 bits per heavy atom. The monoisotopic (exact) mass is 431 g/mol. The van der Waals surface area contributed by atoms with Gasteiger partial charge in [-0.25, -0.2) is 9.59 Å². The minimum atomic E-state index is 0.0357. The summed E-state index contributed by atoms with van der Waals surface area (Å²) in [5.41, 5.74) is 0. The number of urea groups is 2. The summed E-state index contributed by atoms with van der Waals surface area (Å²) >= 11 is 0. The molecule has 0 aromatic heterocycles. The summed E-state index contributed by atoms with van der Waals surface area (Å²) in [6.07, 6.45) is 9.78. The van der Waals surface area contributed by atoms with Gasteiger partial charge in [0.15, 0.2) is 0 Å². The van der Waals surface area contributed by atoms with E-state index in [1.165, 1.54) is 19.3 Å². The van der Waals surface area contributed by atoms with Crippen LogP contribution in [0.3, 0.4) is 0 Å². The Labute approximate surface area is 185 Å². The number of nitrogens with zero attached hydrogens (tertiary/aromatic N) is 4. The van der Waals surface area contributed by atoms with Crippen LogP contribution in [0.2, 0.25) is 0 Å². The van der Waals surface area contributed by atoms with Crippen molar-refractivity contribution in [2.24, 2.45) is 11.8 Å². The van der Waals surface area contributed by atoms with Gasteiger partial charge in [-0.2, -0.15) is 0 Å². The maximum atomic E-state index is 13.3. The predicted molar refractivity (Wildman–Crippen MR) is 116 cm³/mol. The SMILES string of the molecule is O=C(NC1CCCCC1)N1CCN(C(=O)N2CC3CC(C2)[C@H]2CCCC(=O)N2C3)CC1. The summed E-state index contributed by atoms with van der Waals surface area (Å²) in [6, 6.07) is 0.805. The molecule has 0 aromatic carbocycles. The third-order valence-corrected chi connectivity index (χ3v) is 8.22. The lowest BCUT2D eigenvalue weighted by Crippen LogP contribution is -2.63. The summed E-state index contributed by atoms with van der Waals surface area (Å²) in [6.45, 7) is 4.78. The molecule has 1 N–H and O–H groups in total. The second-order valence-electron chi connectivity index (χ2n) is 10.3. The highest BCUT2D eigenvalue weighted by Gasteiger charge is 2.45. The number of carbonyl (C=O) groups is 3. The van der Waals surface area contributed by atoms with E-state index in [4.69, 9.17) is 0 Å². The molecule has 3 atom stereocenters. The Kier molecular flexibility index (Phi) is 5.97. The quantitative estimate of drug-likeness (QED) is 0.691. The summed E-state index contributed by atoms with van der Waals surface area (Å²) in [5, 5.41) is 3.19. The molecule has 1 saturated carbocycles. The maximum absolute atomic E-state index is 13.3. The molecule has 0 spiro atoms. The van der Waals surface area contributed by atoms with E-state index in [9.17, 15) is 14.4 Å². The van der Waals surface area contributed by atoms with E-state index in [0.29, 0.717) is 62.4 Å². The van der Waals surface area contributed by atoms with Crippen molar-refractivity contribution in [1.82, 2.24) is 24.9 Å². The Balaban J connectivity index is 1.12. The van der Waals surface area contributed by atoms with Crippen LogP contribution in [-0.2, 0) is 4.79 Å². The molecule has 8 nitrogen and oxygen atoms in total. The number of amides is 5. The maximum Gasteiger partial charge on any atom is 0.320 e. The third-order valence-electron chi connectivity index (χ3n) is 8.22. The molecule has 5 fully saturated rings. The van der Waals surface area contributed by atoms with Gasteiger partial charge in [0.1, 0.15) is 0 Å². The standard InChI is InChI=1S/C23H37N5O3/c29-21-8-4-7-20-18-13-17(15-28(20)21)14-27(16-18)23(31)26-11-9-25(10-12-26)22(30)24-19-5-2-1-3-6-19/h17-20H,1-16H2,(H,24,30)/t17?,18?,20-/m1/s1. The van der Waals surface area contributed by atoms with Gasteiger partial charge >= 0.3 is 12.1 Å². The van der Waals surface area contributed by atoms with Crippen LogP contribution in [0.15, 0.2) is 0 Å². The Morgan fingerprint density at radius 1 is 0.806 bits per heavy atom. The number of fused-ring (bicyclic) bond motifs is 4. The van der Waals surface area contributed by atoms with Gasteiger partial charge in [-0.3, -0.25) is 4.79 Å². The first-order valence-electron chi connectivity index (χ1n) is 12.5. The number of piperazine rings is 1. The lowest BCUT2D eigenvalue weighted by atomic mass is 9.76. The normalized spacial score (nSPS) is 32.0. The van der Waals surface area contributed by atoms with Gasteiger partial charge in [0.25, 0.3) is 0 Å². The van der Waals surface area contributed by atoms with Gasteiger partial charge in [0.05, 0.1) is 0 Å². The lowest BCUT2D eigenvalue weighted by Gasteiger charge is -2.53. The van der Waals surface area contributed by atoms with Crippen LogP contribution in [-0.4, -0.2) is 95.5 Å². The van der Waals surface area contributed by atoms with Crippen LogP contribution in [0.25, 0.3) is 0 Å². The summed E-state index contributed by atoms with van der Waals surface area (Å²) in [5.74, 6) is 1.14. The first kappa shape index (κ1) is 20.9. The highest BCUT2D eigenvalue weighted by Crippen LogP contribution is 2.38. The van der Waals surface area contributed by atoms with E-state index in [0.717, 1.165) is 51.7 Å². The molecule has 1 aliphatic carbocycles. The first-order valence-corrected chi connectivity index (χ1v) is 12.5. The molecule has 4 saturated heterocycles. The molecular formula is C23H37N5O3. The van der Waals surface area contributed by atoms with Crippen LogP contribution in [0.4, 0.5) is 9.59 Å². The van der Waals surface area contributed by atoms with Gasteiger partial charge in [0.2, 0.25) is 5.91 Å². The van der Waals surface area contributed by atoms with E-state index in [-0.39, 0.29) is 12.1 Å². The first-order chi connectivity index (χ1) is 15.1. The molecule has 5 rings (SSSR count). The number of hydrogen-bond donors (Lipinski definition) is 1. The van der Waals surface area contributed by atoms with E-state index >= 15 is 0 Å². The summed E-state index contributed by atoms with van der Waals surface area (Å²) < 4.78 is 0. The van der Waals surface area contributed by atoms with Crippen molar-refractivity contribution in [1.29, 1.82) is 0 Å². The number of hydrogen-bond acceptors (Lipinski definition) is 3. The molecule has 172 valence electrons. The molecule has 2 unspecified atom stereocenters. The van der Waals surface area contributed by atoms with Crippen molar-refractivity contribution < 1.29 is 14.4 Å². The van der Waals surface area contributed by atoms with Crippen molar-refractivity contribution in [3.63, 3.8) is 0 Å². The van der Waals surface area contributed by atoms with Crippen molar-refractivity contribution in [2.45, 2.75) is 69.9 Å². The van der Waals surface area contributed by atoms with Gasteiger partial charge in [-0.15, -0.1) is 0 Å². The van der Waals surface area contributed by atoms with Crippen LogP contribution in [0, 0.1) is 11.8 Å². The van der Waals surface area contributed by atoms with E-state index in [1.807, 2.05) is 14.7 Å². The van der Waals surface area contributed by atoms with Crippen LogP contribution in [0.1, 0.15) is 57.8 Å². The number of likely N-dealkylation sites (tertiary alicyclic amines) is 1. The van der Waals surface area contributed by atoms with E-state index in [1.54, 1.807) is 0 Å². The van der Waals surface area contributed by atoms with Crippen LogP contribution < -0.4 is 5.32 Å². The van der Waals surface area contributed by atoms with Gasteiger partial charge in [-0.1, -0.05) is 19.3 Å². The van der Waals surface area contributed by atoms with Crippen molar-refractivity contribution in [2.75, 3.05) is 45.8 Å². The van der Waals surface area contributed by atoms with Gasteiger partial charge in [-0.05, 0) is 43.9 Å². The number of carbonyl (C=O) groups excluding carboxylic acids is 3. The van der Waals surface area contributed by atoms with Crippen LogP contribution in [0.5, 0.6) is 0 Å². The second kappa shape index (κ2) is 8.87. The fourth-order valence-electron chi connectivity index (χ4n) is 6.58. The second-order valence-corrected chi connectivity index (χ2v) is 10.3. The largest absolute Gasteiger partial charge is 0.339 e. The Morgan fingerprint density at radius 2 is 1.55 bits per heavy atom. The number of nitrogens with one attached hydrogen (secondary N) is 1. The van der Waals surface area contributed by atoms with E-state index < -0.39 is 0 Å². The molecular weight excluding hydrogens is 394 g/mol. The molecule has 0 radical (unpaired) electrons. The molecule has 4 aliphatic heterocycles. The zero-order valence-corrected chi connectivity index (χ0v) is 18.6. The van der Waals surface area contributed by atoms with Crippen molar-refractivity contribution >= 4 is 18.0 Å². The fourth-order valence-corrected chi connectivity index (χ4v) is 6.58. The average Bonchev–Trinajstić information content (AvgIpc) is 2.80. The van der Waals surface area contributed by atoms with Gasteiger partial charge in [0, 0.05) is 64.3 Å². The Hall–Kier alpha value is -1.99. The van der Waals surface area contributed by atoms with Crippen LogP contribution >= 0.6 is 0 Å². The Bertz CT molecular complexity index is 701. The smallest absolute Gasteiger partial charge is 0.320 e. The minimum absolute atomic E-state index is 0.0357. The van der Waals surface area contributed by atoms with Gasteiger partial charge < -0.3 is 24.9 Å². The third kappa shape index (κ3) is 4.35. The molecule has 4 heterocycles. The molecule has 5 amide bonds. The van der Waals surface area contributed by atoms with Crippen molar-refractivity contribution in [3.8, 4) is 0 Å². The minimum Gasteiger partial charge on any atom is -0.339 e. The molecule has 2 bridgehead atoms. The highest BCUT2D eigenvalue weighted by atomic mass is 16.2. The summed E-state index contributed by atoms with van der Waals surface area (Å²) in [4.78, 5) is 46.1. The zero-order valence-electron chi connectivity index (χ0n) is 18.6. The summed E-state index contributed by atoms with van der Waals surface area (Å²) in [7, 11) is 0. The predicted octanol–water partition coefficient (Wildman–Crippen LogP) is 2.10. The van der Waals surface area contributed by atoms with E-state index in [2.05, 4.69) is 10.2 Å². The fraction of sp³-hybridized carbons (Fsp3) is 0.870. The zero-order chi connectivity index (χ0) is 21.4. The average molecular weight is 432 g/mol. The molecule has 0 aromatic rings. The number of rotatable bonds is 1. The topological polar surface area (TPSA) is 76.2 Å². The van der Waals surface area contributed by atoms with Crippen molar-refractivity contribution in [3.05, 3.63) is 0 Å².